The summed E-state index contributed by atoms with van der Waals surface area (Å²) in [6.45, 7) is 0.784. The van der Waals surface area contributed by atoms with E-state index in [1.165, 1.54) is 0 Å². The summed E-state index contributed by atoms with van der Waals surface area (Å²) in [5.74, 6) is -0.369. The quantitative estimate of drug-likeness (QED) is 0.550. The van der Waals surface area contributed by atoms with Crippen molar-refractivity contribution in [2.75, 3.05) is 10.2 Å². The van der Waals surface area contributed by atoms with E-state index < -0.39 is 6.04 Å². The monoisotopic (exact) mass is 453 g/mol. The molecule has 3 aromatic carbocycles. The summed E-state index contributed by atoms with van der Waals surface area (Å²) in [6.07, 6.45) is 0.0175. The minimum Gasteiger partial charge on any atom is -0.372 e. The maximum absolute atomic E-state index is 13.3. The minimum absolute atomic E-state index is 0.0175. The Bertz CT molecular complexity index is 1090. The molecule has 1 aliphatic rings. The lowest BCUT2D eigenvalue weighted by atomic mass is 10.0. The van der Waals surface area contributed by atoms with Crippen LogP contribution in [0.3, 0.4) is 0 Å². The van der Waals surface area contributed by atoms with Crippen molar-refractivity contribution >= 4 is 46.4 Å². The number of hydrogen-bond donors (Lipinski definition) is 2. The van der Waals surface area contributed by atoms with Gasteiger partial charge < -0.3 is 15.5 Å². The van der Waals surface area contributed by atoms with Crippen molar-refractivity contribution in [1.82, 2.24) is 5.32 Å². The van der Waals surface area contributed by atoms with Crippen LogP contribution in [0.1, 0.15) is 17.5 Å². The van der Waals surface area contributed by atoms with E-state index in [2.05, 4.69) is 10.6 Å². The summed E-state index contributed by atoms with van der Waals surface area (Å²) >= 11 is 12.1. The number of carbonyl (C=O) groups is 2. The highest BCUT2D eigenvalue weighted by molar-refractivity contribution is 6.31. The molecule has 2 amide bonds. The third-order valence-electron chi connectivity index (χ3n) is 5.12. The molecule has 4 rings (SSSR count). The van der Waals surface area contributed by atoms with Gasteiger partial charge in [0.25, 0.3) is 0 Å². The fourth-order valence-corrected chi connectivity index (χ4v) is 3.84. The van der Waals surface area contributed by atoms with Gasteiger partial charge in [-0.3, -0.25) is 9.59 Å². The third-order valence-corrected chi connectivity index (χ3v) is 5.61. The number of anilines is 2. The first-order valence-corrected chi connectivity index (χ1v) is 10.7. The molecule has 5 nitrogen and oxygen atoms in total. The summed E-state index contributed by atoms with van der Waals surface area (Å²) in [5.41, 5.74) is 3.42. The summed E-state index contributed by atoms with van der Waals surface area (Å²) in [5, 5.41) is 7.26. The van der Waals surface area contributed by atoms with E-state index in [-0.39, 0.29) is 18.2 Å². The molecule has 1 heterocycles. The molecule has 0 fully saturated rings. The van der Waals surface area contributed by atoms with Gasteiger partial charge >= 0.3 is 0 Å². The number of fused-ring (bicyclic) bond motifs is 1. The molecule has 0 saturated carbocycles. The highest BCUT2D eigenvalue weighted by atomic mass is 35.5. The number of nitrogens with one attached hydrogen (secondary N) is 2. The van der Waals surface area contributed by atoms with E-state index in [0.29, 0.717) is 23.1 Å². The number of hydrogen-bond acceptors (Lipinski definition) is 3. The zero-order valence-corrected chi connectivity index (χ0v) is 18.2. The lowest BCUT2D eigenvalue weighted by molar-refractivity contribution is -0.126. The second-order valence-electron chi connectivity index (χ2n) is 7.38. The molecule has 0 aliphatic carbocycles. The Kier molecular flexibility index (Phi) is 6.44. The van der Waals surface area contributed by atoms with E-state index in [0.717, 1.165) is 22.5 Å². The van der Waals surface area contributed by atoms with Crippen LogP contribution >= 0.6 is 23.2 Å². The number of benzene rings is 3. The molecule has 0 bridgehead atoms. The molecule has 0 radical (unpaired) electrons. The molecule has 3 aromatic rings. The third kappa shape index (κ3) is 5.19. The van der Waals surface area contributed by atoms with Crippen LogP contribution < -0.4 is 15.5 Å². The normalized spacial score (nSPS) is 15.2. The van der Waals surface area contributed by atoms with E-state index in [1.54, 1.807) is 29.2 Å². The van der Waals surface area contributed by atoms with E-state index >= 15 is 0 Å². The zero-order valence-electron chi connectivity index (χ0n) is 16.6. The molecule has 7 heteroatoms. The van der Waals surface area contributed by atoms with Crippen LogP contribution in [0.15, 0.2) is 72.8 Å². The van der Waals surface area contributed by atoms with Crippen LogP contribution in [-0.4, -0.2) is 17.9 Å². The van der Waals surface area contributed by atoms with Crippen LogP contribution in [0.2, 0.25) is 10.0 Å². The Morgan fingerprint density at radius 1 is 0.935 bits per heavy atom. The average Bonchev–Trinajstić information content (AvgIpc) is 2.77. The highest BCUT2D eigenvalue weighted by Crippen LogP contribution is 2.35. The van der Waals surface area contributed by atoms with Crippen molar-refractivity contribution in [1.29, 1.82) is 0 Å². The molecule has 0 unspecified atom stereocenters. The summed E-state index contributed by atoms with van der Waals surface area (Å²) < 4.78 is 0. The molecule has 1 atom stereocenters. The van der Waals surface area contributed by atoms with Gasteiger partial charge in [0, 0.05) is 16.6 Å². The Balaban J connectivity index is 1.49. The van der Waals surface area contributed by atoms with Crippen molar-refractivity contribution in [3.8, 4) is 0 Å². The predicted octanol–water partition coefficient (Wildman–Crippen LogP) is 5.03. The lowest BCUT2D eigenvalue weighted by Crippen LogP contribution is -2.48. The minimum atomic E-state index is -0.681. The number of rotatable bonds is 6. The number of carbonyl (C=O) groups excluding carboxylic acids is 2. The topological polar surface area (TPSA) is 61.4 Å². The highest BCUT2D eigenvalue weighted by Gasteiger charge is 2.34. The summed E-state index contributed by atoms with van der Waals surface area (Å²) in [6, 6.07) is 21.7. The number of nitrogens with zero attached hydrogens (tertiary/aromatic N) is 1. The lowest BCUT2D eigenvalue weighted by Gasteiger charge is -2.35. The first-order valence-electron chi connectivity index (χ1n) is 9.92. The Morgan fingerprint density at radius 3 is 2.39 bits per heavy atom. The molecular weight excluding hydrogens is 433 g/mol. The van der Waals surface area contributed by atoms with Crippen molar-refractivity contribution in [3.05, 3.63) is 94.0 Å². The van der Waals surface area contributed by atoms with Gasteiger partial charge in [-0.1, -0.05) is 65.7 Å². The molecule has 0 saturated heterocycles. The second kappa shape index (κ2) is 9.41. The first-order chi connectivity index (χ1) is 15.0. The number of halogens is 2. The van der Waals surface area contributed by atoms with E-state index in [1.807, 2.05) is 48.5 Å². The van der Waals surface area contributed by atoms with Crippen LogP contribution in [-0.2, 0) is 22.7 Å². The molecular formula is C24H21Cl2N3O2. The number of amides is 2. The van der Waals surface area contributed by atoms with Gasteiger partial charge in [0.2, 0.25) is 11.8 Å². The largest absolute Gasteiger partial charge is 0.372 e. The fraction of sp³-hybridized carbons (Fsp3) is 0.167. The van der Waals surface area contributed by atoms with Crippen molar-refractivity contribution < 1.29 is 9.59 Å². The molecule has 1 aliphatic heterocycles. The molecule has 0 aromatic heterocycles. The van der Waals surface area contributed by atoms with Gasteiger partial charge in [0.15, 0.2) is 0 Å². The van der Waals surface area contributed by atoms with Gasteiger partial charge in [-0.05, 0) is 41.5 Å². The predicted molar refractivity (Wildman–Crippen MR) is 124 cm³/mol. The molecule has 2 N–H and O–H groups in total. The molecule has 158 valence electrons. The maximum atomic E-state index is 13.3. The molecule has 31 heavy (non-hydrogen) atoms. The van der Waals surface area contributed by atoms with Crippen LogP contribution in [0, 0.1) is 0 Å². The SMILES string of the molecule is O=C(C[C@H]1Nc2cc(Cl)ccc2N(Cc2ccccc2)C1=O)NCc1ccc(Cl)cc1. The first kappa shape index (κ1) is 21.2. The van der Waals surface area contributed by atoms with Crippen LogP contribution in [0.4, 0.5) is 11.4 Å². The van der Waals surface area contributed by atoms with E-state index in [9.17, 15) is 9.59 Å². The maximum Gasteiger partial charge on any atom is 0.250 e. The van der Waals surface area contributed by atoms with Crippen molar-refractivity contribution in [2.24, 2.45) is 0 Å². The van der Waals surface area contributed by atoms with E-state index in [4.69, 9.17) is 23.2 Å². The van der Waals surface area contributed by atoms with Gasteiger partial charge in [0.1, 0.15) is 6.04 Å². The fourth-order valence-electron chi connectivity index (χ4n) is 3.54. The summed E-state index contributed by atoms with van der Waals surface area (Å²) in [7, 11) is 0. The Hall–Kier alpha value is -3.02. The van der Waals surface area contributed by atoms with Crippen molar-refractivity contribution in [3.63, 3.8) is 0 Å². The van der Waals surface area contributed by atoms with Gasteiger partial charge in [-0.25, -0.2) is 0 Å². The zero-order chi connectivity index (χ0) is 21.8. The average molecular weight is 454 g/mol. The molecule has 0 spiro atoms. The summed E-state index contributed by atoms with van der Waals surface area (Å²) in [4.78, 5) is 27.5. The van der Waals surface area contributed by atoms with Crippen molar-refractivity contribution in [2.45, 2.75) is 25.6 Å². The standard InChI is InChI=1S/C24H21Cl2N3O2/c25-18-8-6-16(7-9-18)14-27-23(30)13-21-24(31)29(15-17-4-2-1-3-5-17)22-11-10-19(26)12-20(22)28-21/h1-12,21,28H,13-15H2,(H,27,30)/t21-/m1/s1. The van der Waals surface area contributed by atoms with Crippen LogP contribution in [0.5, 0.6) is 0 Å². The Morgan fingerprint density at radius 2 is 1.65 bits per heavy atom. The van der Waals surface area contributed by atoms with Gasteiger partial charge in [0.05, 0.1) is 24.3 Å². The van der Waals surface area contributed by atoms with Gasteiger partial charge in [-0.15, -0.1) is 0 Å². The Labute approximate surface area is 191 Å². The second-order valence-corrected chi connectivity index (χ2v) is 8.25. The smallest absolute Gasteiger partial charge is 0.250 e. The van der Waals surface area contributed by atoms with Gasteiger partial charge in [-0.2, -0.15) is 0 Å². The van der Waals surface area contributed by atoms with Crippen LogP contribution in [0.25, 0.3) is 0 Å².